The van der Waals surface area contributed by atoms with Crippen molar-refractivity contribution in [3.05, 3.63) is 48.6 Å². The van der Waals surface area contributed by atoms with Crippen molar-refractivity contribution in [3.63, 3.8) is 0 Å². The Hall–Kier alpha value is -1.69. The van der Waals surface area contributed by atoms with Crippen LogP contribution in [-0.4, -0.2) is 46.1 Å². The highest BCUT2D eigenvalue weighted by molar-refractivity contribution is 5.76. The molecule has 3 unspecified atom stereocenters. The van der Waals surface area contributed by atoms with E-state index in [2.05, 4.69) is 55.6 Å². The van der Waals surface area contributed by atoms with E-state index in [0.717, 1.165) is 38.5 Å². The number of carbonyl (C=O) groups excluding carboxylic acids is 1. The summed E-state index contributed by atoms with van der Waals surface area (Å²) in [5, 5.41) is 33.1. The second-order valence-corrected chi connectivity index (χ2v) is 16.0. The second-order valence-electron chi connectivity index (χ2n) is 16.0. The zero-order valence-electron chi connectivity index (χ0n) is 35.8. The number of hydrogen-bond donors (Lipinski definition) is 4. The van der Waals surface area contributed by atoms with Gasteiger partial charge in [0.25, 0.3) is 0 Å². The predicted octanol–water partition coefficient (Wildman–Crippen LogP) is 13.7. The van der Waals surface area contributed by atoms with E-state index in [-0.39, 0.29) is 18.9 Å². The summed E-state index contributed by atoms with van der Waals surface area (Å²) in [5.41, 5.74) is 0. The molecule has 0 aliphatic carbocycles. The third-order valence-corrected chi connectivity index (χ3v) is 10.6. The number of unbranched alkanes of at least 4 members (excludes halogenated alkanes) is 27. The molecule has 0 rings (SSSR count). The van der Waals surface area contributed by atoms with Gasteiger partial charge in [-0.25, -0.2) is 0 Å². The first kappa shape index (κ1) is 52.3. The SMILES string of the molecule is CCCC/C=C/CC/C=C/CC/C=C/C(O)C(CO)NC(=O)CC(O)CCCCCCCCCCCCC/C=C\CCCCCCCCCCCCCC. The fraction of sp³-hybridized carbons (Fsp3) is 0.816. The topological polar surface area (TPSA) is 89.8 Å². The third kappa shape index (κ3) is 40.0. The maximum absolute atomic E-state index is 12.4. The number of rotatable bonds is 42. The predicted molar refractivity (Wildman–Crippen MR) is 236 cm³/mol. The third-order valence-electron chi connectivity index (χ3n) is 10.6. The molecule has 5 heteroatoms. The average molecular weight is 758 g/mol. The Labute approximate surface area is 336 Å². The molecule has 0 spiro atoms. The number of aliphatic hydroxyl groups excluding tert-OH is 3. The highest BCUT2D eigenvalue weighted by Gasteiger charge is 2.20. The Kier molecular flexibility index (Phi) is 42.7. The van der Waals surface area contributed by atoms with Crippen molar-refractivity contribution in [1.82, 2.24) is 5.32 Å². The van der Waals surface area contributed by atoms with Gasteiger partial charge in [-0.05, 0) is 64.2 Å². The summed E-state index contributed by atoms with van der Waals surface area (Å²) in [6.07, 6.45) is 57.0. The summed E-state index contributed by atoms with van der Waals surface area (Å²) >= 11 is 0. The molecule has 0 saturated carbocycles. The molecule has 0 fully saturated rings. The van der Waals surface area contributed by atoms with Crippen LogP contribution in [0.15, 0.2) is 48.6 Å². The minimum Gasteiger partial charge on any atom is -0.394 e. The molecular formula is C49H91NO4. The van der Waals surface area contributed by atoms with Gasteiger partial charge in [-0.1, -0.05) is 210 Å². The molecule has 0 heterocycles. The molecule has 1 amide bonds. The molecular weight excluding hydrogens is 667 g/mol. The van der Waals surface area contributed by atoms with Crippen molar-refractivity contribution in [1.29, 1.82) is 0 Å². The number of nitrogens with one attached hydrogen (secondary N) is 1. The summed E-state index contributed by atoms with van der Waals surface area (Å²) in [6.45, 7) is 4.15. The van der Waals surface area contributed by atoms with E-state index < -0.39 is 18.2 Å². The fourth-order valence-electron chi connectivity index (χ4n) is 6.94. The van der Waals surface area contributed by atoms with E-state index >= 15 is 0 Å². The zero-order valence-corrected chi connectivity index (χ0v) is 35.8. The van der Waals surface area contributed by atoms with Crippen molar-refractivity contribution in [2.75, 3.05) is 6.61 Å². The lowest BCUT2D eigenvalue weighted by Crippen LogP contribution is -2.45. The van der Waals surface area contributed by atoms with Gasteiger partial charge in [0.05, 0.1) is 31.3 Å². The Morgan fingerprint density at radius 3 is 1.24 bits per heavy atom. The van der Waals surface area contributed by atoms with Gasteiger partial charge in [0.2, 0.25) is 5.91 Å². The summed E-state index contributed by atoms with van der Waals surface area (Å²) in [4.78, 5) is 12.4. The van der Waals surface area contributed by atoms with Crippen LogP contribution in [-0.2, 0) is 4.79 Å². The van der Waals surface area contributed by atoms with E-state index in [4.69, 9.17) is 0 Å². The normalized spacial score (nSPS) is 13.9. The van der Waals surface area contributed by atoms with Gasteiger partial charge < -0.3 is 20.6 Å². The number of allylic oxidation sites excluding steroid dienone is 7. The van der Waals surface area contributed by atoms with Gasteiger partial charge in [0.1, 0.15) is 0 Å². The molecule has 316 valence electrons. The Balaban J connectivity index is 3.59. The van der Waals surface area contributed by atoms with Crippen LogP contribution in [0.1, 0.15) is 232 Å². The van der Waals surface area contributed by atoms with Gasteiger partial charge in [-0.3, -0.25) is 4.79 Å². The molecule has 0 aromatic carbocycles. The highest BCUT2D eigenvalue weighted by atomic mass is 16.3. The molecule has 4 N–H and O–H groups in total. The van der Waals surface area contributed by atoms with Crippen LogP contribution < -0.4 is 5.32 Å². The van der Waals surface area contributed by atoms with E-state index in [1.165, 1.54) is 167 Å². The van der Waals surface area contributed by atoms with Crippen LogP contribution in [0.5, 0.6) is 0 Å². The van der Waals surface area contributed by atoms with Gasteiger partial charge >= 0.3 is 0 Å². The van der Waals surface area contributed by atoms with Crippen LogP contribution in [0, 0.1) is 0 Å². The maximum atomic E-state index is 12.4. The first-order chi connectivity index (χ1) is 26.5. The molecule has 0 aliphatic rings. The lowest BCUT2D eigenvalue weighted by Gasteiger charge is -2.21. The number of carbonyl (C=O) groups is 1. The summed E-state index contributed by atoms with van der Waals surface area (Å²) in [6, 6.07) is -0.767. The van der Waals surface area contributed by atoms with Crippen LogP contribution in [0.3, 0.4) is 0 Å². The second kappa shape index (κ2) is 44.0. The number of aliphatic hydroxyl groups is 3. The molecule has 0 saturated heterocycles. The zero-order chi connectivity index (χ0) is 39.4. The lowest BCUT2D eigenvalue weighted by atomic mass is 10.0. The summed E-state index contributed by atoms with van der Waals surface area (Å²) in [5.74, 6) is -0.331. The van der Waals surface area contributed by atoms with Crippen molar-refractivity contribution in [2.24, 2.45) is 0 Å². The van der Waals surface area contributed by atoms with Crippen molar-refractivity contribution >= 4 is 5.91 Å². The lowest BCUT2D eigenvalue weighted by molar-refractivity contribution is -0.124. The van der Waals surface area contributed by atoms with Crippen LogP contribution >= 0.6 is 0 Å². The Morgan fingerprint density at radius 1 is 0.463 bits per heavy atom. The van der Waals surface area contributed by atoms with Gasteiger partial charge in [-0.2, -0.15) is 0 Å². The molecule has 0 aromatic heterocycles. The molecule has 5 nitrogen and oxygen atoms in total. The van der Waals surface area contributed by atoms with Crippen molar-refractivity contribution < 1.29 is 20.1 Å². The van der Waals surface area contributed by atoms with Crippen LogP contribution in [0.4, 0.5) is 0 Å². The minimum atomic E-state index is -0.959. The van der Waals surface area contributed by atoms with Crippen molar-refractivity contribution in [3.8, 4) is 0 Å². The average Bonchev–Trinajstić information content (AvgIpc) is 3.16. The van der Waals surface area contributed by atoms with E-state index in [9.17, 15) is 20.1 Å². The number of amides is 1. The van der Waals surface area contributed by atoms with Crippen LogP contribution in [0.25, 0.3) is 0 Å². The minimum absolute atomic E-state index is 0.00127. The van der Waals surface area contributed by atoms with E-state index in [1.807, 2.05) is 6.08 Å². The standard InChI is InChI=1S/C49H91NO4/c1-3-5-7-9-11-13-15-17-18-19-20-21-22-23-24-25-26-27-28-29-30-31-32-34-36-38-40-42-46(52)44-49(54)50-47(45-51)48(53)43-41-39-37-35-33-16-14-12-10-8-6-4-2/h10,12,23-24,33,35,41,43,46-48,51-53H,3-9,11,13-22,25-32,34,36-40,42,44-45H2,1-2H3,(H,50,54)/b12-10+,24-23-,35-33+,43-41+. The molecule has 54 heavy (non-hydrogen) atoms. The molecule has 0 radical (unpaired) electrons. The first-order valence-corrected chi connectivity index (χ1v) is 23.4. The molecule has 0 aromatic rings. The number of hydrogen-bond acceptors (Lipinski definition) is 4. The fourth-order valence-corrected chi connectivity index (χ4v) is 6.94. The Morgan fingerprint density at radius 2 is 0.815 bits per heavy atom. The summed E-state index contributed by atoms with van der Waals surface area (Å²) < 4.78 is 0. The molecule has 0 aliphatic heterocycles. The first-order valence-electron chi connectivity index (χ1n) is 23.4. The van der Waals surface area contributed by atoms with Gasteiger partial charge in [-0.15, -0.1) is 0 Å². The van der Waals surface area contributed by atoms with Gasteiger partial charge in [0.15, 0.2) is 0 Å². The quantitative estimate of drug-likeness (QED) is 0.0369. The summed E-state index contributed by atoms with van der Waals surface area (Å²) in [7, 11) is 0. The molecule has 0 bridgehead atoms. The largest absolute Gasteiger partial charge is 0.394 e. The smallest absolute Gasteiger partial charge is 0.222 e. The van der Waals surface area contributed by atoms with Crippen LogP contribution in [0.2, 0.25) is 0 Å². The monoisotopic (exact) mass is 758 g/mol. The van der Waals surface area contributed by atoms with Gasteiger partial charge in [0, 0.05) is 0 Å². The highest BCUT2D eigenvalue weighted by Crippen LogP contribution is 2.15. The molecule has 3 atom stereocenters. The van der Waals surface area contributed by atoms with Crippen molar-refractivity contribution in [2.45, 2.75) is 250 Å². The van der Waals surface area contributed by atoms with E-state index in [0.29, 0.717) is 6.42 Å². The van der Waals surface area contributed by atoms with E-state index in [1.54, 1.807) is 6.08 Å². The maximum Gasteiger partial charge on any atom is 0.222 e. The Bertz CT molecular complexity index is 881.